The molecule has 1 unspecified atom stereocenters. The first-order valence-electron chi connectivity index (χ1n) is 25.7. The summed E-state index contributed by atoms with van der Waals surface area (Å²) in [6, 6.07) is 20.1. The van der Waals surface area contributed by atoms with E-state index >= 15 is 0 Å². The molecule has 7 aromatic rings. The van der Waals surface area contributed by atoms with E-state index in [1.165, 1.54) is 29.5 Å². The number of aromatic hydroxyl groups is 1. The molecule has 2 aliphatic rings. The van der Waals surface area contributed by atoms with Crippen molar-refractivity contribution in [2.45, 2.75) is 32.2 Å². The number of likely N-dealkylation sites (N-methyl/N-ethyl adjacent to an activating group) is 1. The van der Waals surface area contributed by atoms with Crippen LogP contribution in [0.3, 0.4) is 0 Å². The molecule has 5 amide bonds. The molecule has 1 fully saturated rings. The van der Waals surface area contributed by atoms with Crippen molar-refractivity contribution in [1.29, 1.82) is 0 Å². The number of carbonyl (C=O) groups is 5. The summed E-state index contributed by atoms with van der Waals surface area (Å²) in [5.41, 5.74) is 5.44. The zero-order valence-electron chi connectivity index (χ0n) is 43.3. The number of anilines is 3. The summed E-state index contributed by atoms with van der Waals surface area (Å²) >= 11 is 8.09. The number of thiophene rings is 1. The molecule has 0 saturated carbocycles. The van der Waals surface area contributed by atoms with Gasteiger partial charge in [-0.25, -0.2) is 4.79 Å². The molecule has 6 N–H and O–H groups in total. The minimum atomic E-state index is -0.416. The Hall–Kier alpha value is -7.31. The van der Waals surface area contributed by atoms with Crippen LogP contribution in [0.5, 0.6) is 11.6 Å². The van der Waals surface area contributed by atoms with Crippen LogP contribution in [0.1, 0.15) is 50.9 Å². The van der Waals surface area contributed by atoms with Gasteiger partial charge in [0, 0.05) is 115 Å². The van der Waals surface area contributed by atoms with Gasteiger partial charge in [0.15, 0.2) is 11.6 Å². The first-order chi connectivity index (χ1) is 37.8. The van der Waals surface area contributed by atoms with E-state index in [4.69, 9.17) is 35.3 Å². The maximum atomic E-state index is 14.4. The highest BCUT2D eigenvalue weighted by molar-refractivity contribution is 7.17. The molecular formula is C55H62ClN9O12S. The second-order valence-electron chi connectivity index (χ2n) is 19.0. The van der Waals surface area contributed by atoms with Crippen molar-refractivity contribution < 1.29 is 52.8 Å². The summed E-state index contributed by atoms with van der Waals surface area (Å²) in [6.45, 7) is 7.91. The lowest BCUT2D eigenvalue weighted by atomic mass is 9.97. The van der Waals surface area contributed by atoms with E-state index in [-0.39, 0.29) is 67.0 Å². The summed E-state index contributed by atoms with van der Waals surface area (Å²) in [6.07, 6.45) is -0.241. The van der Waals surface area contributed by atoms with E-state index in [0.717, 1.165) is 44.3 Å². The molecule has 1 saturated heterocycles. The number of fused-ring (bicyclic) bond motifs is 5. The van der Waals surface area contributed by atoms with Gasteiger partial charge in [-0.1, -0.05) is 6.07 Å². The summed E-state index contributed by atoms with van der Waals surface area (Å²) < 4.78 is 30.1. The first kappa shape index (κ1) is 55.4. The Balaban J connectivity index is 0.683. The molecule has 3 aromatic carbocycles. The van der Waals surface area contributed by atoms with Gasteiger partial charge in [-0.05, 0) is 85.1 Å². The highest BCUT2D eigenvalue weighted by atomic mass is 35.5. The Morgan fingerprint density at radius 1 is 0.756 bits per heavy atom. The number of ether oxygens (including phenoxy) is 5. The van der Waals surface area contributed by atoms with Crippen molar-refractivity contribution in [2.24, 2.45) is 0 Å². The SMILES string of the molecule is Cc1csc2c(OC(=O)N3CCN(C)CC3)cc3c(c12)C(CCl)CN3C(=O)c1cc2cc(NC(=O)c3cc4cc(NC(=O)CCOCCOCCOCCOCCNC(=O)CCn5c(O)cccc5=O)ccc4[nH]3)ccc2[nH]1. The molecule has 0 bridgehead atoms. The van der Waals surface area contributed by atoms with Crippen LogP contribution in [0.15, 0.2) is 83.0 Å². The van der Waals surface area contributed by atoms with E-state index in [2.05, 4.69) is 30.8 Å². The molecule has 2 aliphatic heterocycles. The van der Waals surface area contributed by atoms with Crippen LogP contribution in [0, 0.1) is 6.92 Å². The van der Waals surface area contributed by atoms with Gasteiger partial charge in [-0.3, -0.25) is 28.5 Å². The number of aromatic nitrogens is 3. The third-order valence-corrected chi connectivity index (χ3v) is 15.0. The Labute approximate surface area is 457 Å². The Morgan fingerprint density at radius 2 is 1.40 bits per heavy atom. The molecule has 1 atom stereocenters. The largest absolute Gasteiger partial charge is 0.494 e. The highest BCUT2D eigenvalue weighted by Gasteiger charge is 2.37. The van der Waals surface area contributed by atoms with Crippen LogP contribution in [0.2, 0.25) is 0 Å². The van der Waals surface area contributed by atoms with Crippen molar-refractivity contribution in [3.05, 3.63) is 111 Å². The zero-order valence-corrected chi connectivity index (χ0v) is 44.9. The Bertz CT molecular complexity index is 3370. The van der Waals surface area contributed by atoms with Crippen LogP contribution in [0.4, 0.5) is 21.9 Å². The van der Waals surface area contributed by atoms with E-state index in [0.29, 0.717) is 129 Å². The topological polar surface area (TPSA) is 251 Å². The third kappa shape index (κ3) is 13.5. The lowest BCUT2D eigenvalue weighted by Crippen LogP contribution is -2.48. The number of nitrogens with zero attached hydrogens (tertiary/aromatic N) is 4. The Kier molecular flexibility index (Phi) is 18.4. The number of alkyl halides is 1. The number of carbonyl (C=O) groups excluding carboxylic acids is 5. The van der Waals surface area contributed by atoms with Crippen molar-refractivity contribution in [3.8, 4) is 11.6 Å². The fraction of sp³-hybridized carbons (Fsp3) is 0.382. The number of hydrogen-bond acceptors (Lipinski definition) is 14. The van der Waals surface area contributed by atoms with Gasteiger partial charge in [0.05, 0.1) is 69.7 Å². The number of amides is 5. The zero-order chi connectivity index (χ0) is 54.7. The number of nitrogens with one attached hydrogen (secondary N) is 5. The van der Waals surface area contributed by atoms with Gasteiger partial charge in [-0.2, -0.15) is 0 Å². The van der Waals surface area contributed by atoms with Gasteiger partial charge < -0.3 is 69.4 Å². The summed E-state index contributed by atoms with van der Waals surface area (Å²) in [7, 11) is 2.02. The van der Waals surface area contributed by atoms with Gasteiger partial charge >= 0.3 is 6.09 Å². The molecule has 0 spiro atoms. The number of hydrogen-bond donors (Lipinski definition) is 6. The van der Waals surface area contributed by atoms with E-state index in [1.54, 1.807) is 64.4 Å². The van der Waals surface area contributed by atoms with E-state index < -0.39 is 6.09 Å². The summed E-state index contributed by atoms with van der Waals surface area (Å²) in [4.78, 5) is 89.9. The van der Waals surface area contributed by atoms with Crippen molar-refractivity contribution >= 4 is 102 Å². The average Bonchev–Trinajstić information content (AvgIpc) is 4.44. The highest BCUT2D eigenvalue weighted by Crippen LogP contribution is 2.49. The molecule has 4 aromatic heterocycles. The van der Waals surface area contributed by atoms with Crippen LogP contribution in [-0.2, 0) is 35.1 Å². The number of pyridine rings is 1. The van der Waals surface area contributed by atoms with Crippen LogP contribution >= 0.6 is 22.9 Å². The number of aromatic amines is 2. The lowest BCUT2D eigenvalue weighted by molar-refractivity contribution is -0.121. The van der Waals surface area contributed by atoms with Gasteiger partial charge in [0.2, 0.25) is 11.8 Å². The fourth-order valence-electron chi connectivity index (χ4n) is 9.39. The number of piperazine rings is 1. The van der Waals surface area contributed by atoms with Crippen molar-refractivity contribution in [3.63, 3.8) is 0 Å². The molecule has 0 aliphatic carbocycles. The normalized spacial score (nSPS) is 14.6. The number of benzene rings is 3. The summed E-state index contributed by atoms with van der Waals surface area (Å²) in [5.74, 6) is -0.744. The summed E-state index contributed by atoms with van der Waals surface area (Å²) in [5, 5.41) is 22.7. The molecule has 9 rings (SSSR count). The number of aryl methyl sites for hydroxylation is 1. The van der Waals surface area contributed by atoms with Crippen LogP contribution in [0.25, 0.3) is 31.9 Å². The monoisotopic (exact) mass is 1110 g/mol. The fourth-order valence-corrected chi connectivity index (χ4v) is 10.7. The number of halogens is 1. The molecule has 21 nitrogen and oxygen atoms in total. The predicted octanol–water partition coefficient (Wildman–Crippen LogP) is 6.62. The van der Waals surface area contributed by atoms with Crippen molar-refractivity contribution in [2.75, 3.05) is 121 Å². The van der Waals surface area contributed by atoms with E-state index in [9.17, 15) is 33.9 Å². The Morgan fingerprint density at radius 3 is 2.08 bits per heavy atom. The minimum Gasteiger partial charge on any atom is -0.494 e. The quantitative estimate of drug-likeness (QED) is 0.0275. The number of H-pyrrole nitrogens is 2. The second-order valence-corrected chi connectivity index (χ2v) is 20.2. The maximum absolute atomic E-state index is 14.4. The van der Waals surface area contributed by atoms with Crippen molar-refractivity contribution in [1.82, 2.24) is 29.7 Å². The average molecular weight is 1110 g/mol. The molecule has 23 heteroatoms. The lowest BCUT2D eigenvalue weighted by Gasteiger charge is -2.31. The number of rotatable bonds is 24. The van der Waals surface area contributed by atoms with Gasteiger partial charge in [0.1, 0.15) is 11.4 Å². The predicted molar refractivity (Wildman–Crippen MR) is 298 cm³/mol. The molecule has 0 radical (unpaired) electrons. The molecule has 78 heavy (non-hydrogen) atoms. The maximum Gasteiger partial charge on any atom is 0.415 e. The first-order valence-corrected chi connectivity index (χ1v) is 27.2. The second kappa shape index (κ2) is 25.9. The van der Waals surface area contributed by atoms with Crippen LogP contribution < -0.4 is 31.1 Å². The van der Waals surface area contributed by atoms with Gasteiger partial charge in [0.25, 0.3) is 17.4 Å². The standard InChI is InChI=1S/C55H62ClN9O12S/c1-34-33-78-52-45(77-55(72)63-16-14-62(2)15-17-63)30-44-51(50(34)52)37(31-56)32-65(44)54(71)43-29-36-27-39(7-9-41(36)61-43)59-53(70)42-28-35-26-38(6-8-40(35)60-42)58-47(67)11-18-73-20-22-75-24-25-76-23-21-74-19-12-57-46(66)10-13-64-48(68)4-3-5-49(64)69/h3-9,26-30,33,37,60-61,68H,10-25,31-32H2,1-2H3,(H,57,66)(H,58,67)(H,59,70). The molecule has 412 valence electrons. The smallest absolute Gasteiger partial charge is 0.415 e. The van der Waals surface area contributed by atoms with Crippen LogP contribution in [-0.4, -0.2) is 164 Å². The molecular weight excluding hydrogens is 1050 g/mol. The molecule has 6 heterocycles. The third-order valence-electron chi connectivity index (χ3n) is 13.5. The minimum absolute atomic E-state index is 0.0472. The van der Waals surface area contributed by atoms with E-state index in [1.807, 2.05) is 19.4 Å². The van der Waals surface area contributed by atoms with Gasteiger partial charge in [-0.15, -0.1) is 22.9 Å².